The normalized spacial score (nSPS) is 17.4. The van der Waals surface area contributed by atoms with Crippen molar-refractivity contribution in [2.24, 2.45) is 0 Å². The molecule has 2 aromatic rings. The summed E-state index contributed by atoms with van der Waals surface area (Å²) in [5.41, 5.74) is 1.23. The summed E-state index contributed by atoms with van der Waals surface area (Å²) in [6.45, 7) is 7.91. The number of nitrogens with zero attached hydrogens (tertiary/aromatic N) is 2. The lowest BCUT2D eigenvalue weighted by molar-refractivity contribution is -0.121. The SMILES string of the molecule is CCC(=O)N[C@H](C)[C@H](c1cccs1)N1CCN(c2ccc(OC)cc2)CC1. The van der Waals surface area contributed by atoms with Crippen LogP contribution in [0.3, 0.4) is 0 Å². The maximum atomic E-state index is 11.9. The number of ether oxygens (including phenoxy) is 1. The topological polar surface area (TPSA) is 44.8 Å². The number of benzene rings is 1. The van der Waals surface area contributed by atoms with Crippen molar-refractivity contribution in [3.05, 3.63) is 46.7 Å². The molecule has 0 unspecified atom stereocenters. The zero-order valence-corrected chi connectivity index (χ0v) is 17.2. The fourth-order valence-corrected chi connectivity index (χ4v) is 4.65. The Balaban J connectivity index is 1.67. The molecule has 5 nitrogen and oxygen atoms in total. The van der Waals surface area contributed by atoms with Crippen LogP contribution in [-0.4, -0.2) is 50.1 Å². The van der Waals surface area contributed by atoms with E-state index < -0.39 is 0 Å². The molecule has 1 N–H and O–H groups in total. The van der Waals surface area contributed by atoms with Crippen LogP contribution in [0.1, 0.15) is 31.2 Å². The number of anilines is 1. The van der Waals surface area contributed by atoms with Gasteiger partial charge in [-0.15, -0.1) is 11.3 Å². The van der Waals surface area contributed by atoms with Crippen LogP contribution < -0.4 is 15.0 Å². The van der Waals surface area contributed by atoms with Crippen molar-refractivity contribution in [1.29, 1.82) is 0 Å². The van der Waals surface area contributed by atoms with Crippen molar-refractivity contribution in [2.75, 3.05) is 38.2 Å². The summed E-state index contributed by atoms with van der Waals surface area (Å²) in [5.74, 6) is 0.997. The molecular formula is C21H29N3O2S. The van der Waals surface area contributed by atoms with Crippen LogP contribution in [0.25, 0.3) is 0 Å². The van der Waals surface area contributed by atoms with E-state index in [-0.39, 0.29) is 18.0 Å². The first-order valence-corrected chi connectivity index (χ1v) is 10.5. The second kappa shape index (κ2) is 9.24. The maximum Gasteiger partial charge on any atom is 0.219 e. The highest BCUT2D eigenvalue weighted by atomic mass is 32.1. The highest BCUT2D eigenvalue weighted by Crippen LogP contribution is 2.30. The number of rotatable bonds is 7. The summed E-state index contributed by atoms with van der Waals surface area (Å²) in [6.07, 6.45) is 0.521. The molecule has 2 atom stereocenters. The van der Waals surface area contributed by atoms with Gasteiger partial charge >= 0.3 is 0 Å². The minimum atomic E-state index is 0.0867. The molecule has 1 aliphatic rings. The predicted molar refractivity (Wildman–Crippen MR) is 112 cm³/mol. The zero-order chi connectivity index (χ0) is 19.2. The van der Waals surface area contributed by atoms with E-state index in [2.05, 4.69) is 51.7 Å². The first kappa shape index (κ1) is 19.7. The van der Waals surface area contributed by atoms with Crippen molar-refractivity contribution in [2.45, 2.75) is 32.4 Å². The van der Waals surface area contributed by atoms with Gasteiger partial charge in [0.15, 0.2) is 0 Å². The van der Waals surface area contributed by atoms with Gasteiger partial charge in [-0.3, -0.25) is 9.69 Å². The van der Waals surface area contributed by atoms with Crippen LogP contribution in [-0.2, 0) is 4.79 Å². The Labute approximate surface area is 165 Å². The average molecular weight is 388 g/mol. The molecule has 1 aromatic heterocycles. The Morgan fingerprint density at radius 3 is 2.44 bits per heavy atom. The summed E-state index contributed by atoms with van der Waals surface area (Å²) in [4.78, 5) is 18.2. The summed E-state index contributed by atoms with van der Waals surface area (Å²) in [6, 6.07) is 12.8. The van der Waals surface area contributed by atoms with Crippen molar-refractivity contribution in [3.63, 3.8) is 0 Å². The molecule has 146 valence electrons. The van der Waals surface area contributed by atoms with Crippen LogP contribution in [0.5, 0.6) is 5.75 Å². The number of amides is 1. The van der Waals surface area contributed by atoms with Crippen molar-refractivity contribution < 1.29 is 9.53 Å². The molecule has 2 heterocycles. The maximum absolute atomic E-state index is 11.9. The number of carbonyl (C=O) groups is 1. The van der Waals surface area contributed by atoms with Crippen LogP contribution in [0.2, 0.25) is 0 Å². The van der Waals surface area contributed by atoms with Gasteiger partial charge in [-0.05, 0) is 42.6 Å². The summed E-state index contributed by atoms with van der Waals surface area (Å²) >= 11 is 1.77. The third-order valence-electron chi connectivity index (χ3n) is 5.16. The van der Waals surface area contributed by atoms with Gasteiger partial charge in [-0.1, -0.05) is 13.0 Å². The highest BCUT2D eigenvalue weighted by Gasteiger charge is 2.30. The fourth-order valence-electron chi connectivity index (χ4n) is 3.69. The lowest BCUT2D eigenvalue weighted by atomic mass is 10.0. The molecule has 0 bridgehead atoms. The van der Waals surface area contributed by atoms with Crippen molar-refractivity contribution in [1.82, 2.24) is 10.2 Å². The van der Waals surface area contributed by atoms with Crippen molar-refractivity contribution >= 4 is 22.9 Å². The van der Waals surface area contributed by atoms with Gasteiger partial charge in [0, 0.05) is 49.2 Å². The Bertz CT molecular complexity index is 710. The van der Waals surface area contributed by atoms with E-state index in [4.69, 9.17) is 4.74 Å². The summed E-state index contributed by atoms with van der Waals surface area (Å²) in [5, 5.41) is 5.28. The second-order valence-corrected chi connectivity index (χ2v) is 7.87. The van der Waals surface area contributed by atoms with Gasteiger partial charge in [-0.25, -0.2) is 0 Å². The molecule has 3 rings (SSSR count). The molecule has 6 heteroatoms. The van der Waals surface area contributed by atoms with Crippen LogP contribution >= 0.6 is 11.3 Å². The molecule has 1 fully saturated rings. The molecule has 0 spiro atoms. The van der Waals surface area contributed by atoms with E-state index in [1.807, 2.05) is 19.1 Å². The molecule has 0 saturated carbocycles. The van der Waals surface area contributed by atoms with Crippen molar-refractivity contribution in [3.8, 4) is 5.75 Å². The fraction of sp³-hybridized carbons (Fsp3) is 0.476. The van der Waals surface area contributed by atoms with Gasteiger partial charge in [0.1, 0.15) is 5.75 Å². The van der Waals surface area contributed by atoms with Gasteiger partial charge in [-0.2, -0.15) is 0 Å². The Kier molecular flexibility index (Phi) is 6.74. The van der Waals surface area contributed by atoms with E-state index in [0.29, 0.717) is 6.42 Å². The number of nitrogens with one attached hydrogen (secondary N) is 1. The average Bonchev–Trinajstić information content (AvgIpc) is 3.23. The summed E-state index contributed by atoms with van der Waals surface area (Å²) < 4.78 is 5.25. The molecule has 1 amide bonds. The largest absolute Gasteiger partial charge is 0.497 e. The first-order valence-electron chi connectivity index (χ1n) is 9.58. The third kappa shape index (κ3) is 4.82. The predicted octanol–water partition coefficient (Wildman–Crippen LogP) is 3.53. The van der Waals surface area contributed by atoms with E-state index >= 15 is 0 Å². The van der Waals surface area contributed by atoms with E-state index in [0.717, 1.165) is 31.9 Å². The molecule has 27 heavy (non-hydrogen) atoms. The number of methoxy groups -OCH3 is 1. The highest BCUT2D eigenvalue weighted by molar-refractivity contribution is 7.10. The third-order valence-corrected chi connectivity index (χ3v) is 6.11. The van der Waals surface area contributed by atoms with Crippen LogP contribution in [0, 0.1) is 0 Å². The van der Waals surface area contributed by atoms with Gasteiger partial charge in [0.25, 0.3) is 0 Å². The van der Waals surface area contributed by atoms with E-state index in [1.54, 1.807) is 18.4 Å². The molecule has 0 radical (unpaired) electrons. The van der Waals surface area contributed by atoms with Gasteiger partial charge in [0.05, 0.1) is 13.2 Å². The minimum Gasteiger partial charge on any atom is -0.497 e. The Hall–Kier alpha value is -2.05. The number of piperazine rings is 1. The smallest absolute Gasteiger partial charge is 0.219 e. The van der Waals surface area contributed by atoms with Gasteiger partial charge in [0.2, 0.25) is 5.91 Å². The molecule has 0 aliphatic carbocycles. The minimum absolute atomic E-state index is 0.0867. The van der Waals surface area contributed by atoms with Crippen LogP contribution in [0.4, 0.5) is 5.69 Å². The zero-order valence-electron chi connectivity index (χ0n) is 16.4. The second-order valence-electron chi connectivity index (χ2n) is 6.89. The molecule has 1 aliphatic heterocycles. The number of thiophene rings is 1. The van der Waals surface area contributed by atoms with E-state index in [1.165, 1.54) is 10.6 Å². The number of carbonyl (C=O) groups excluding carboxylic acids is 1. The lowest BCUT2D eigenvalue weighted by Crippen LogP contribution is -2.52. The summed E-state index contributed by atoms with van der Waals surface area (Å²) in [7, 11) is 1.69. The lowest BCUT2D eigenvalue weighted by Gasteiger charge is -2.42. The Morgan fingerprint density at radius 1 is 1.19 bits per heavy atom. The van der Waals surface area contributed by atoms with Crippen LogP contribution in [0.15, 0.2) is 41.8 Å². The molecular weight excluding hydrogens is 358 g/mol. The first-order chi connectivity index (χ1) is 13.1. The van der Waals surface area contributed by atoms with E-state index in [9.17, 15) is 4.79 Å². The monoisotopic (exact) mass is 387 g/mol. The standard InChI is InChI=1S/C21H29N3O2S/c1-4-20(25)22-16(2)21(19-6-5-15-27-19)24-13-11-23(12-14-24)17-7-9-18(26-3)10-8-17/h5-10,15-16,21H,4,11-14H2,1-3H3,(H,22,25)/t16-,21-/m1/s1. The Morgan fingerprint density at radius 2 is 1.89 bits per heavy atom. The number of hydrogen-bond acceptors (Lipinski definition) is 5. The molecule has 1 saturated heterocycles. The quantitative estimate of drug-likeness (QED) is 0.789. The molecule has 1 aromatic carbocycles. The number of hydrogen-bond donors (Lipinski definition) is 1. The van der Waals surface area contributed by atoms with Gasteiger partial charge < -0.3 is 15.0 Å².